The van der Waals surface area contributed by atoms with Crippen LogP contribution in [0.1, 0.15) is 91.6 Å². The number of benzene rings is 2. The van der Waals surface area contributed by atoms with Gasteiger partial charge in [-0.3, -0.25) is 4.79 Å². The highest BCUT2D eigenvalue weighted by atomic mass is 35.5. The molecule has 2 aromatic rings. The number of hydrogen-bond acceptors (Lipinski definition) is 8. The smallest absolute Gasteiger partial charge is 0.346 e. The van der Waals surface area contributed by atoms with Gasteiger partial charge in [-0.1, -0.05) is 25.4 Å². The predicted octanol–water partition coefficient (Wildman–Crippen LogP) is 7.08. The number of methoxy groups -OCH3 is 2. The lowest BCUT2D eigenvalue weighted by atomic mass is 9.80. The quantitative estimate of drug-likeness (QED) is 0.259. The van der Waals surface area contributed by atoms with E-state index in [-0.39, 0.29) is 65.5 Å². The van der Waals surface area contributed by atoms with E-state index in [1.165, 1.54) is 7.11 Å². The molecular weight excluding hydrogens is 548 g/mol. The summed E-state index contributed by atoms with van der Waals surface area (Å²) in [4.78, 5) is 27.3. The summed E-state index contributed by atoms with van der Waals surface area (Å²) in [5.74, 6) is 0.530. The summed E-state index contributed by atoms with van der Waals surface area (Å²) in [6, 6.07) is 3.27. The Bertz CT molecular complexity index is 1350. The Kier molecular flexibility index (Phi) is 8.30. The van der Waals surface area contributed by atoms with Crippen LogP contribution in [0.3, 0.4) is 0 Å². The molecule has 0 radical (unpaired) electrons. The second-order valence-electron chi connectivity index (χ2n) is 12.1. The van der Waals surface area contributed by atoms with Gasteiger partial charge in [0.05, 0.1) is 35.8 Å². The number of ether oxygens (including phenoxy) is 5. The molecule has 8 nitrogen and oxygen atoms in total. The van der Waals surface area contributed by atoms with E-state index in [2.05, 4.69) is 0 Å². The van der Waals surface area contributed by atoms with Gasteiger partial charge >= 0.3 is 11.9 Å². The number of aliphatic hydroxyl groups excluding tert-OH is 1. The second-order valence-corrected chi connectivity index (χ2v) is 12.5. The maximum absolute atomic E-state index is 13.9. The number of carbonyl (C=O) groups excluding carboxylic acids is 2. The number of halogens is 1. The highest BCUT2D eigenvalue weighted by molar-refractivity contribution is 6.32. The molecule has 2 saturated carbocycles. The summed E-state index contributed by atoms with van der Waals surface area (Å²) < 4.78 is 29.6. The van der Waals surface area contributed by atoms with E-state index in [0.29, 0.717) is 33.7 Å². The fourth-order valence-electron chi connectivity index (χ4n) is 6.96. The van der Waals surface area contributed by atoms with Crippen LogP contribution in [-0.2, 0) is 27.5 Å². The number of cyclic esters (lactones) is 1. The van der Waals surface area contributed by atoms with Gasteiger partial charge in [-0.25, -0.2) is 4.79 Å². The van der Waals surface area contributed by atoms with E-state index in [1.54, 1.807) is 19.2 Å². The zero-order valence-corrected chi connectivity index (χ0v) is 25.4. The number of fused-ring (bicyclic) bond motifs is 4. The third kappa shape index (κ3) is 4.98. The summed E-state index contributed by atoms with van der Waals surface area (Å²) in [5.41, 5.74) is 1.55. The van der Waals surface area contributed by atoms with Crippen LogP contribution >= 0.6 is 11.6 Å². The van der Waals surface area contributed by atoms with Gasteiger partial charge in [0.15, 0.2) is 11.5 Å². The molecule has 5 rings (SSSR count). The molecular formula is C32H39ClO8. The van der Waals surface area contributed by atoms with Crippen LogP contribution in [0.25, 0.3) is 0 Å². The number of aliphatic hydroxyl groups is 1. The predicted molar refractivity (Wildman–Crippen MR) is 153 cm³/mol. The SMILES string of the molecule is COCc1c(C)c(Cl)c2c(c1OC(=O)C1(C)C3CCC1CC3)Oc1ccc([C@@H](O)CC(C)C)c(OC)c1C(=O)OC2. The summed E-state index contributed by atoms with van der Waals surface area (Å²) in [6.07, 6.45) is 3.69. The molecule has 2 fully saturated rings. The first-order valence-corrected chi connectivity index (χ1v) is 14.7. The largest absolute Gasteiger partial charge is 0.495 e. The fraction of sp³-hybridized carbons (Fsp3) is 0.562. The van der Waals surface area contributed by atoms with Crippen molar-refractivity contribution < 1.29 is 38.4 Å². The Balaban J connectivity index is 1.65. The van der Waals surface area contributed by atoms with E-state index in [0.717, 1.165) is 25.7 Å². The minimum atomic E-state index is -0.856. The molecule has 0 saturated heterocycles. The molecule has 1 heterocycles. The van der Waals surface area contributed by atoms with Gasteiger partial charge in [0, 0.05) is 18.2 Å². The fourth-order valence-corrected chi connectivity index (χ4v) is 7.22. The van der Waals surface area contributed by atoms with Crippen LogP contribution < -0.4 is 14.2 Å². The van der Waals surface area contributed by atoms with E-state index in [1.807, 2.05) is 27.7 Å². The van der Waals surface area contributed by atoms with Gasteiger partial charge in [-0.2, -0.15) is 0 Å². The Morgan fingerprint density at radius 2 is 1.80 bits per heavy atom. The minimum absolute atomic E-state index is 0.0431. The Labute approximate surface area is 246 Å². The van der Waals surface area contributed by atoms with Crippen molar-refractivity contribution in [3.05, 3.63) is 45.0 Å². The van der Waals surface area contributed by atoms with E-state index in [9.17, 15) is 14.7 Å². The molecule has 1 aliphatic heterocycles. The molecule has 1 atom stereocenters. The Morgan fingerprint density at radius 1 is 1.15 bits per heavy atom. The molecule has 41 heavy (non-hydrogen) atoms. The molecule has 2 aliphatic carbocycles. The molecule has 0 spiro atoms. The van der Waals surface area contributed by atoms with Gasteiger partial charge in [-0.15, -0.1) is 0 Å². The lowest BCUT2D eigenvalue weighted by molar-refractivity contribution is -0.148. The maximum Gasteiger partial charge on any atom is 0.346 e. The molecule has 1 N–H and O–H groups in total. The molecule has 0 unspecified atom stereocenters. The Hall–Kier alpha value is -2.81. The second kappa shape index (κ2) is 11.5. The van der Waals surface area contributed by atoms with Crippen molar-refractivity contribution in [3.8, 4) is 23.0 Å². The Morgan fingerprint density at radius 3 is 2.39 bits per heavy atom. The molecule has 2 aromatic carbocycles. The molecule has 0 amide bonds. The topological polar surface area (TPSA) is 101 Å². The first-order chi connectivity index (χ1) is 19.5. The summed E-state index contributed by atoms with van der Waals surface area (Å²) >= 11 is 6.82. The van der Waals surface area contributed by atoms with Crippen LogP contribution in [0.15, 0.2) is 12.1 Å². The maximum atomic E-state index is 13.9. The molecule has 222 valence electrons. The third-order valence-electron chi connectivity index (χ3n) is 9.32. The van der Waals surface area contributed by atoms with Crippen molar-refractivity contribution in [2.75, 3.05) is 14.2 Å². The van der Waals surface area contributed by atoms with Gasteiger partial charge in [0.1, 0.15) is 23.7 Å². The van der Waals surface area contributed by atoms with Crippen LogP contribution in [0.2, 0.25) is 5.02 Å². The van der Waals surface area contributed by atoms with Crippen LogP contribution in [0.4, 0.5) is 0 Å². The van der Waals surface area contributed by atoms with Crippen molar-refractivity contribution in [1.82, 2.24) is 0 Å². The third-order valence-corrected chi connectivity index (χ3v) is 9.83. The molecule has 9 heteroatoms. The van der Waals surface area contributed by atoms with Crippen LogP contribution in [0.5, 0.6) is 23.0 Å². The molecule has 2 bridgehead atoms. The number of hydrogen-bond donors (Lipinski definition) is 1. The normalized spacial score (nSPS) is 23.7. The van der Waals surface area contributed by atoms with E-state index in [4.69, 9.17) is 35.3 Å². The summed E-state index contributed by atoms with van der Waals surface area (Å²) in [7, 11) is 2.99. The molecule has 0 aromatic heterocycles. The van der Waals surface area contributed by atoms with Gasteiger partial charge in [0.2, 0.25) is 0 Å². The van der Waals surface area contributed by atoms with Gasteiger partial charge < -0.3 is 28.8 Å². The lowest BCUT2D eigenvalue weighted by Crippen LogP contribution is -2.36. The lowest BCUT2D eigenvalue weighted by Gasteiger charge is -2.30. The number of esters is 2. The number of carbonyl (C=O) groups is 2. The van der Waals surface area contributed by atoms with Crippen molar-refractivity contribution in [2.45, 2.75) is 79.1 Å². The standard InChI is InChI=1S/C32H39ClO8/c1-16(2)13-23(34)20-11-12-24-25(27(20)38-6)30(35)39-15-22-26(33)17(3)21(14-37-5)28(29(22)40-24)41-31(36)32(4)18-7-8-19(32)10-9-18/h11-12,16,18-19,23,34H,7-10,13-15H2,1-6H3/t18?,19?,23-,32?/m0/s1. The highest BCUT2D eigenvalue weighted by Gasteiger charge is 2.57. The van der Waals surface area contributed by atoms with Crippen molar-refractivity contribution in [1.29, 1.82) is 0 Å². The van der Waals surface area contributed by atoms with Crippen LogP contribution in [0, 0.1) is 30.1 Å². The zero-order chi connectivity index (χ0) is 29.6. The minimum Gasteiger partial charge on any atom is -0.495 e. The van der Waals surface area contributed by atoms with Crippen molar-refractivity contribution >= 4 is 23.5 Å². The van der Waals surface area contributed by atoms with E-state index >= 15 is 0 Å². The van der Waals surface area contributed by atoms with Crippen molar-refractivity contribution in [2.24, 2.45) is 23.2 Å². The number of rotatable bonds is 8. The highest BCUT2D eigenvalue weighted by Crippen LogP contribution is 2.59. The first-order valence-electron chi connectivity index (χ1n) is 14.3. The van der Waals surface area contributed by atoms with Crippen LogP contribution in [-0.4, -0.2) is 31.3 Å². The average Bonchev–Trinajstić information content (AvgIpc) is 3.43. The average molecular weight is 587 g/mol. The summed E-state index contributed by atoms with van der Waals surface area (Å²) in [5, 5.41) is 11.2. The first kappa shape index (κ1) is 29.7. The summed E-state index contributed by atoms with van der Waals surface area (Å²) in [6.45, 7) is 7.75. The van der Waals surface area contributed by atoms with E-state index < -0.39 is 17.5 Å². The van der Waals surface area contributed by atoms with Gasteiger partial charge in [-0.05, 0) is 81.4 Å². The van der Waals surface area contributed by atoms with Gasteiger partial charge in [0.25, 0.3) is 0 Å². The zero-order valence-electron chi connectivity index (χ0n) is 24.6. The molecule has 3 aliphatic rings. The van der Waals surface area contributed by atoms with Crippen molar-refractivity contribution in [3.63, 3.8) is 0 Å². The monoisotopic (exact) mass is 586 g/mol.